The van der Waals surface area contributed by atoms with E-state index in [0.29, 0.717) is 31.0 Å². The SMILES string of the molecule is C=C(C)OCCCOC(=O)C(=C)C. The van der Waals surface area contributed by atoms with Crippen LogP contribution >= 0.6 is 0 Å². The molecule has 0 aromatic heterocycles. The number of rotatable bonds is 6. The first-order chi connectivity index (χ1) is 6.04. The first-order valence-electron chi connectivity index (χ1n) is 4.15. The lowest BCUT2D eigenvalue weighted by Gasteiger charge is -2.05. The van der Waals surface area contributed by atoms with Gasteiger partial charge in [0.15, 0.2) is 0 Å². The molecule has 0 aliphatic carbocycles. The van der Waals surface area contributed by atoms with E-state index >= 15 is 0 Å². The van der Waals surface area contributed by atoms with Crippen LogP contribution in [0.5, 0.6) is 0 Å². The van der Waals surface area contributed by atoms with Gasteiger partial charge in [-0.1, -0.05) is 13.2 Å². The van der Waals surface area contributed by atoms with E-state index in [0.717, 1.165) is 0 Å². The fourth-order valence-electron chi connectivity index (χ4n) is 0.593. The summed E-state index contributed by atoms with van der Waals surface area (Å²) in [5.74, 6) is 0.321. The van der Waals surface area contributed by atoms with Gasteiger partial charge in [-0.15, -0.1) is 0 Å². The van der Waals surface area contributed by atoms with Gasteiger partial charge in [-0.3, -0.25) is 0 Å². The third-order valence-corrected chi connectivity index (χ3v) is 1.22. The molecule has 0 heterocycles. The summed E-state index contributed by atoms with van der Waals surface area (Å²) < 4.78 is 9.91. The maximum atomic E-state index is 10.9. The predicted molar refractivity (Wildman–Crippen MR) is 51.2 cm³/mol. The highest BCUT2D eigenvalue weighted by Crippen LogP contribution is 1.95. The quantitative estimate of drug-likeness (QED) is 0.274. The Balaban J connectivity index is 3.31. The first-order valence-corrected chi connectivity index (χ1v) is 4.15. The average molecular weight is 184 g/mol. The van der Waals surface area contributed by atoms with Gasteiger partial charge in [0.05, 0.1) is 19.0 Å². The molecule has 0 unspecified atom stereocenters. The van der Waals surface area contributed by atoms with Gasteiger partial charge in [0.1, 0.15) is 0 Å². The van der Waals surface area contributed by atoms with Crippen molar-refractivity contribution >= 4 is 5.97 Å². The maximum Gasteiger partial charge on any atom is 0.333 e. The summed E-state index contributed by atoms with van der Waals surface area (Å²) in [7, 11) is 0. The van der Waals surface area contributed by atoms with Crippen LogP contribution in [-0.4, -0.2) is 19.2 Å². The van der Waals surface area contributed by atoms with Gasteiger partial charge in [-0.25, -0.2) is 4.79 Å². The Kier molecular flexibility index (Phi) is 5.68. The van der Waals surface area contributed by atoms with Gasteiger partial charge in [-0.05, 0) is 13.8 Å². The van der Waals surface area contributed by atoms with E-state index < -0.39 is 0 Å². The summed E-state index contributed by atoms with van der Waals surface area (Å²) >= 11 is 0. The summed E-state index contributed by atoms with van der Waals surface area (Å²) in [5, 5.41) is 0. The summed E-state index contributed by atoms with van der Waals surface area (Å²) in [6, 6.07) is 0. The van der Waals surface area contributed by atoms with Crippen LogP contribution in [-0.2, 0) is 14.3 Å². The van der Waals surface area contributed by atoms with Crippen LogP contribution in [0.4, 0.5) is 0 Å². The van der Waals surface area contributed by atoms with Crippen molar-refractivity contribution in [3.63, 3.8) is 0 Å². The fraction of sp³-hybridized carbons (Fsp3) is 0.500. The minimum Gasteiger partial charge on any atom is -0.499 e. The van der Waals surface area contributed by atoms with Gasteiger partial charge in [0.25, 0.3) is 0 Å². The molecular formula is C10H16O3. The molecule has 0 spiro atoms. The largest absolute Gasteiger partial charge is 0.499 e. The molecule has 0 bridgehead atoms. The van der Waals surface area contributed by atoms with Crippen LogP contribution in [0.25, 0.3) is 0 Å². The second-order valence-corrected chi connectivity index (χ2v) is 2.82. The average Bonchev–Trinajstić information content (AvgIpc) is 2.02. The summed E-state index contributed by atoms with van der Waals surface area (Å²) in [6.45, 7) is 11.3. The lowest BCUT2D eigenvalue weighted by atomic mass is 10.4. The van der Waals surface area contributed by atoms with Crippen LogP contribution in [0.1, 0.15) is 20.3 Å². The Labute approximate surface area is 79.0 Å². The van der Waals surface area contributed by atoms with Gasteiger partial charge >= 0.3 is 5.97 Å². The zero-order chi connectivity index (χ0) is 10.3. The predicted octanol–water partition coefficient (Wildman–Crippen LogP) is 2.05. The zero-order valence-corrected chi connectivity index (χ0v) is 8.26. The standard InChI is InChI=1S/C10H16O3/c1-8(2)10(11)13-7-5-6-12-9(3)4/h1,3,5-7H2,2,4H3. The molecule has 0 aliphatic rings. The van der Waals surface area contributed by atoms with Crippen molar-refractivity contribution in [2.24, 2.45) is 0 Å². The summed E-state index contributed by atoms with van der Waals surface area (Å²) in [4.78, 5) is 10.9. The minimum absolute atomic E-state index is 0.352. The zero-order valence-electron chi connectivity index (χ0n) is 8.26. The molecule has 3 nitrogen and oxygen atoms in total. The third kappa shape index (κ3) is 7.12. The number of carbonyl (C=O) groups is 1. The molecule has 0 aromatic carbocycles. The topological polar surface area (TPSA) is 35.5 Å². The van der Waals surface area contributed by atoms with Crippen LogP contribution in [0, 0.1) is 0 Å². The first kappa shape index (κ1) is 11.8. The van der Waals surface area contributed by atoms with Crippen molar-refractivity contribution in [2.75, 3.05) is 13.2 Å². The van der Waals surface area contributed by atoms with Gasteiger partial charge in [0, 0.05) is 12.0 Å². The highest BCUT2D eigenvalue weighted by Gasteiger charge is 2.01. The molecule has 3 heteroatoms. The van der Waals surface area contributed by atoms with Crippen molar-refractivity contribution in [2.45, 2.75) is 20.3 Å². The van der Waals surface area contributed by atoms with E-state index in [-0.39, 0.29) is 5.97 Å². The van der Waals surface area contributed by atoms with Gasteiger partial charge in [0.2, 0.25) is 0 Å². The summed E-state index contributed by atoms with van der Waals surface area (Å²) in [5.41, 5.74) is 0.417. The normalized spacial score (nSPS) is 9.08. The molecule has 0 saturated heterocycles. The lowest BCUT2D eigenvalue weighted by Crippen LogP contribution is -2.07. The molecule has 0 aromatic rings. The number of ether oxygens (including phenoxy) is 2. The number of hydrogen-bond donors (Lipinski definition) is 0. The molecule has 0 amide bonds. The fourth-order valence-corrected chi connectivity index (χ4v) is 0.593. The molecule has 13 heavy (non-hydrogen) atoms. The van der Waals surface area contributed by atoms with E-state index in [2.05, 4.69) is 13.2 Å². The van der Waals surface area contributed by atoms with Gasteiger partial charge < -0.3 is 9.47 Å². The van der Waals surface area contributed by atoms with Crippen LogP contribution in [0.3, 0.4) is 0 Å². The smallest absolute Gasteiger partial charge is 0.333 e. The van der Waals surface area contributed by atoms with Crippen molar-refractivity contribution in [1.29, 1.82) is 0 Å². The molecule has 0 rings (SSSR count). The van der Waals surface area contributed by atoms with Gasteiger partial charge in [-0.2, -0.15) is 0 Å². The van der Waals surface area contributed by atoms with E-state index in [4.69, 9.17) is 9.47 Å². The minimum atomic E-state index is -0.352. The molecule has 0 fully saturated rings. The van der Waals surface area contributed by atoms with Crippen molar-refractivity contribution in [3.8, 4) is 0 Å². The van der Waals surface area contributed by atoms with Crippen LogP contribution in [0.2, 0.25) is 0 Å². The Morgan fingerprint density at radius 1 is 1.15 bits per heavy atom. The molecule has 0 atom stereocenters. The Morgan fingerprint density at radius 2 is 1.69 bits per heavy atom. The molecule has 0 N–H and O–H groups in total. The van der Waals surface area contributed by atoms with E-state index in [1.54, 1.807) is 13.8 Å². The van der Waals surface area contributed by atoms with Crippen LogP contribution in [0.15, 0.2) is 24.5 Å². The van der Waals surface area contributed by atoms with Crippen molar-refractivity contribution < 1.29 is 14.3 Å². The molecule has 74 valence electrons. The van der Waals surface area contributed by atoms with E-state index in [1.165, 1.54) is 0 Å². The Bertz CT molecular complexity index is 206. The lowest BCUT2D eigenvalue weighted by molar-refractivity contribution is -0.139. The second kappa shape index (κ2) is 6.29. The molecule has 0 aliphatic heterocycles. The highest BCUT2D eigenvalue weighted by molar-refractivity contribution is 5.86. The molecule has 0 saturated carbocycles. The number of carbonyl (C=O) groups excluding carboxylic acids is 1. The number of hydrogen-bond acceptors (Lipinski definition) is 3. The third-order valence-electron chi connectivity index (χ3n) is 1.22. The number of allylic oxidation sites excluding steroid dienone is 1. The van der Waals surface area contributed by atoms with Crippen LogP contribution < -0.4 is 0 Å². The Morgan fingerprint density at radius 3 is 2.15 bits per heavy atom. The monoisotopic (exact) mass is 184 g/mol. The molecule has 0 radical (unpaired) electrons. The second-order valence-electron chi connectivity index (χ2n) is 2.82. The van der Waals surface area contributed by atoms with E-state index in [1.807, 2.05) is 0 Å². The van der Waals surface area contributed by atoms with E-state index in [9.17, 15) is 4.79 Å². The van der Waals surface area contributed by atoms with Crippen molar-refractivity contribution in [3.05, 3.63) is 24.5 Å². The Hall–Kier alpha value is -1.25. The number of esters is 1. The maximum absolute atomic E-state index is 10.9. The summed E-state index contributed by atoms with van der Waals surface area (Å²) in [6.07, 6.45) is 0.673. The van der Waals surface area contributed by atoms with Crippen molar-refractivity contribution in [1.82, 2.24) is 0 Å². The molecular weight excluding hydrogens is 168 g/mol. The highest BCUT2D eigenvalue weighted by atomic mass is 16.5.